The van der Waals surface area contributed by atoms with Crippen LogP contribution in [0, 0.1) is 6.92 Å². The number of rotatable bonds is 5. The van der Waals surface area contributed by atoms with E-state index in [1.807, 2.05) is 24.3 Å². The maximum Gasteiger partial charge on any atom is 0.228 e. The smallest absolute Gasteiger partial charge is 0.228 e. The zero-order valence-electron chi connectivity index (χ0n) is 18.1. The van der Waals surface area contributed by atoms with Crippen LogP contribution in [0.2, 0.25) is 5.02 Å². The van der Waals surface area contributed by atoms with Gasteiger partial charge in [0.25, 0.3) is 0 Å². The number of morpholine rings is 1. The first-order chi connectivity index (χ1) is 15.1. The molecule has 9 heteroatoms. The number of nitrogens with zero attached hydrogens (tertiary/aromatic N) is 4. The van der Waals surface area contributed by atoms with Gasteiger partial charge in [0, 0.05) is 37.1 Å². The summed E-state index contributed by atoms with van der Waals surface area (Å²) in [6.07, 6.45) is 0.636. The van der Waals surface area contributed by atoms with E-state index in [0.717, 1.165) is 24.6 Å². The third-order valence-corrected chi connectivity index (χ3v) is 5.56. The van der Waals surface area contributed by atoms with Crippen LogP contribution in [0.4, 0.5) is 0 Å². The first-order valence-electron chi connectivity index (χ1n) is 10.4. The molecule has 1 unspecified atom stereocenters. The van der Waals surface area contributed by atoms with Gasteiger partial charge in [-0.05, 0) is 42.3 Å². The van der Waals surface area contributed by atoms with E-state index < -0.39 is 0 Å². The van der Waals surface area contributed by atoms with E-state index in [1.54, 1.807) is 7.05 Å². The van der Waals surface area contributed by atoms with E-state index in [9.17, 15) is 0 Å². The Morgan fingerprint density at radius 3 is 2.75 bits per heavy atom. The van der Waals surface area contributed by atoms with E-state index in [0.29, 0.717) is 36.3 Å². The Morgan fingerprint density at radius 1 is 1.22 bits per heavy atom. The van der Waals surface area contributed by atoms with Crippen LogP contribution in [-0.2, 0) is 11.2 Å². The molecular formula is C23H27ClIN5O2. The predicted octanol–water partition coefficient (Wildman–Crippen LogP) is 4.51. The highest BCUT2D eigenvalue weighted by molar-refractivity contribution is 14.0. The Kier molecular flexibility index (Phi) is 8.89. The van der Waals surface area contributed by atoms with Crippen molar-refractivity contribution in [2.45, 2.75) is 19.4 Å². The van der Waals surface area contributed by atoms with Crippen molar-refractivity contribution in [2.24, 2.45) is 4.99 Å². The summed E-state index contributed by atoms with van der Waals surface area (Å²) in [5.41, 5.74) is 3.34. The summed E-state index contributed by atoms with van der Waals surface area (Å²) >= 11 is 5.94. The molecule has 7 nitrogen and oxygen atoms in total. The Morgan fingerprint density at radius 2 is 2.00 bits per heavy atom. The summed E-state index contributed by atoms with van der Waals surface area (Å²) in [5, 5.41) is 8.14. The fourth-order valence-corrected chi connectivity index (χ4v) is 3.79. The van der Waals surface area contributed by atoms with Crippen LogP contribution in [0.5, 0.6) is 0 Å². The van der Waals surface area contributed by atoms with E-state index in [4.69, 9.17) is 20.9 Å². The molecule has 1 aliphatic rings. The fourth-order valence-electron chi connectivity index (χ4n) is 3.66. The van der Waals surface area contributed by atoms with Gasteiger partial charge in [0.05, 0.1) is 13.2 Å². The summed E-state index contributed by atoms with van der Waals surface area (Å²) in [7, 11) is 1.80. The van der Waals surface area contributed by atoms with Gasteiger partial charge in [0.1, 0.15) is 6.10 Å². The fraction of sp³-hybridized carbons (Fsp3) is 0.348. The van der Waals surface area contributed by atoms with Crippen LogP contribution in [-0.4, -0.2) is 54.3 Å². The predicted molar refractivity (Wildman–Crippen MR) is 137 cm³/mol. The summed E-state index contributed by atoms with van der Waals surface area (Å²) in [4.78, 5) is 11.2. The highest BCUT2D eigenvalue weighted by Crippen LogP contribution is 2.25. The molecule has 1 aromatic heterocycles. The zero-order valence-corrected chi connectivity index (χ0v) is 21.2. The number of guanidine groups is 1. The lowest BCUT2D eigenvalue weighted by atomic mass is 10.0. The van der Waals surface area contributed by atoms with Crippen LogP contribution in [0.3, 0.4) is 0 Å². The van der Waals surface area contributed by atoms with Gasteiger partial charge in [-0.15, -0.1) is 24.0 Å². The molecule has 1 saturated heterocycles. The van der Waals surface area contributed by atoms with Crippen molar-refractivity contribution in [3.8, 4) is 11.4 Å². The lowest BCUT2D eigenvalue weighted by molar-refractivity contribution is -0.00830. The molecule has 0 spiro atoms. The molecule has 1 atom stereocenters. The molecular weight excluding hydrogens is 541 g/mol. The number of aryl methyl sites for hydroxylation is 1. The van der Waals surface area contributed by atoms with Crippen LogP contribution >= 0.6 is 35.6 Å². The monoisotopic (exact) mass is 567 g/mol. The first kappa shape index (κ1) is 24.5. The minimum atomic E-state index is 0. The molecule has 0 amide bonds. The van der Waals surface area contributed by atoms with Gasteiger partial charge in [-0.2, -0.15) is 4.98 Å². The minimum absolute atomic E-state index is 0. The van der Waals surface area contributed by atoms with Crippen molar-refractivity contribution >= 4 is 41.5 Å². The Labute approximate surface area is 210 Å². The van der Waals surface area contributed by atoms with Gasteiger partial charge >= 0.3 is 0 Å². The van der Waals surface area contributed by atoms with E-state index in [-0.39, 0.29) is 30.1 Å². The lowest BCUT2D eigenvalue weighted by Gasteiger charge is -2.35. The van der Waals surface area contributed by atoms with Gasteiger partial charge in [-0.3, -0.25) is 4.99 Å². The maximum absolute atomic E-state index is 6.03. The number of hydrogen-bond acceptors (Lipinski definition) is 5. The standard InChI is InChI=1S/C23H26ClN5O2.HI/c1-16-5-3-4-6-19(16)20-15-29(13-14-30-20)23(25-2)26-12-11-21-27-22(28-31-21)17-7-9-18(24)10-8-17;/h3-10,20H,11-15H2,1-2H3,(H,25,26);1H. The average Bonchev–Trinajstić information content (AvgIpc) is 3.26. The van der Waals surface area contributed by atoms with Crippen molar-refractivity contribution in [1.29, 1.82) is 0 Å². The molecule has 3 aromatic rings. The summed E-state index contributed by atoms with van der Waals surface area (Å²) in [6.45, 7) is 4.97. The van der Waals surface area contributed by atoms with Gasteiger partial charge in [-0.25, -0.2) is 0 Å². The molecule has 0 radical (unpaired) electrons. The van der Waals surface area contributed by atoms with Crippen LogP contribution in [0.1, 0.15) is 23.1 Å². The number of nitrogens with one attached hydrogen (secondary N) is 1. The molecule has 1 aliphatic heterocycles. The van der Waals surface area contributed by atoms with Gasteiger partial charge in [0.15, 0.2) is 5.96 Å². The normalized spacial score (nSPS) is 16.5. The Hall–Kier alpha value is -2.17. The number of aliphatic imine (C=N–C) groups is 1. The van der Waals surface area contributed by atoms with E-state index >= 15 is 0 Å². The second-order valence-corrected chi connectivity index (χ2v) is 7.84. The SMILES string of the molecule is CN=C(NCCc1nc(-c2ccc(Cl)cc2)no1)N1CCOC(c2ccccc2C)C1.I. The molecule has 0 bridgehead atoms. The van der Waals surface area contributed by atoms with Crippen LogP contribution < -0.4 is 5.32 Å². The quantitative estimate of drug-likeness (QED) is 0.278. The third-order valence-electron chi connectivity index (χ3n) is 5.31. The first-order valence-corrected chi connectivity index (χ1v) is 10.7. The summed E-state index contributed by atoms with van der Waals surface area (Å²) in [5.74, 6) is 1.98. The summed E-state index contributed by atoms with van der Waals surface area (Å²) in [6, 6.07) is 15.7. The van der Waals surface area contributed by atoms with Crippen molar-refractivity contribution in [3.05, 3.63) is 70.6 Å². The second kappa shape index (κ2) is 11.6. The second-order valence-electron chi connectivity index (χ2n) is 7.40. The van der Waals surface area contributed by atoms with E-state index in [2.05, 4.69) is 56.5 Å². The van der Waals surface area contributed by atoms with Gasteiger partial charge in [0.2, 0.25) is 11.7 Å². The van der Waals surface area contributed by atoms with Crippen LogP contribution in [0.15, 0.2) is 58.0 Å². The molecule has 170 valence electrons. The maximum atomic E-state index is 6.03. The number of halogens is 2. The molecule has 1 N–H and O–H groups in total. The lowest BCUT2D eigenvalue weighted by Crippen LogP contribution is -2.48. The number of ether oxygens (including phenoxy) is 1. The number of aromatic nitrogens is 2. The van der Waals surface area contributed by atoms with Crippen molar-refractivity contribution in [2.75, 3.05) is 33.3 Å². The Bertz CT molecular complexity index is 1040. The third kappa shape index (κ3) is 5.99. The molecule has 32 heavy (non-hydrogen) atoms. The number of hydrogen-bond donors (Lipinski definition) is 1. The average molecular weight is 568 g/mol. The Balaban J connectivity index is 0.00000289. The van der Waals surface area contributed by atoms with Crippen molar-refractivity contribution in [3.63, 3.8) is 0 Å². The van der Waals surface area contributed by atoms with Crippen molar-refractivity contribution in [1.82, 2.24) is 20.4 Å². The molecule has 2 aromatic carbocycles. The largest absolute Gasteiger partial charge is 0.370 e. The minimum Gasteiger partial charge on any atom is -0.370 e. The molecule has 0 aliphatic carbocycles. The zero-order chi connectivity index (χ0) is 21.6. The highest BCUT2D eigenvalue weighted by atomic mass is 127. The molecule has 0 saturated carbocycles. The molecule has 4 rings (SSSR count). The topological polar surface area (TPSA) is 75.8 Å². The van der Waals surface area contributed by atoms with Gasteiger partial charge in [-0.1, -0.05) is 41.0 Å². The molecule has 2 heterocycles. The van der Waals surface area contributed by atoms with E-state index in [1.165, 1.54) is 11.1 Å². The number of benzene rings is 2. The van der Waals surface area contributed by atoms with Crippen LogP contribution in [0.25, 0.3) is 11.4 Å². The molecule has 1 fully saturated rings. The summed E-state index contributed by atoms with van der Waals surface area (Å²) < 4.78 is 11.4. The van der Waals surface area contributed by atoms with Gasteiger partial charge < -0.3 is 19.5 Å². The highest BCUT2D eigenvalue weighted by Gasteiger charge is 2.25. The van der Waals surface area contributed by atoms with Crippen molar-refractivity contribution < 1.29 is 9.26 Å².